The topological polar surface area (TPSA) is 107 Å². The van der Waals surface area contributed by atoms with E-state index in [0.29, 0.717) is 4.90 Å². The molecule has 0 spiro atoms. The van der Waals surface area contributed by atoms with E-state index in [1.165, 1.54) is 6.92 Å². The van der Waals surface area contributed by atoms with E-state index in [4.69, 9.17) is 10.2 Å². The van der Waals surface area contributed by atoms with Crippen LogP contribution >= 0.6 is 0 Å². The highest BCUT2D eigenvalue weighted by molar-refractivity contribution is 5.86. The van der Waals surface area contributed by atoms with Crippen LogP contribution in [0.1, 0.15) is 13.3 Å². The number of nitrogens with zero attached hydrogens (tertiary/aromatic N) is 1. The largest absolute Gasteiger partial charge is 0.481 e. The number of alkyl halides is 3. The second kappa shape index (κ2) is 6.81. The van der Waals surface area contributed by atoms with Crippen LogP contribution in [-0.4, -0.2) is 58.4 Å². The predicted octanol–water partition coefficient (Wildman–Crippen LogP) is 0.508. The third kappa shape index (κ3) is 7.11. The zero-order valence-corrected chi connectivity index (χ0v) is 9.90. The van der Waals surface area contributed by atoms with Gasteiger partial charge in [0.25, 0.3) is 0 Å². The van der Waals surface area contributed by atoms with E-state index in [0.717, 1.165) is 0 Å². The SMILES string of the molecule is CCN(CC(F)(F)F)C(=O)N[C@H](CC(=O)O)C(=O)O. The van der Waals surface area contributed by atoms with Crippen LogP contribution in [0.15, 0.2) is 0 Å². The van der Waals surface area contributed by atoms with Crippen molar-refractivity contribution in [3.63, 3.8) is 0 Å². The van der Waals surface area contributed by atoms with Gasteiger partial charge in [-0.25, -0.2) is 9.59 Å². The Morgan fingerprint density at radius 2 is 1.79 bits per heavy atom. The summed E-state index contributed by atoms with van der Waals surface area (Å²) >= 11 is 0. The molecule has 1 atom stereocenters. The van der Waals surface area contributed by atoms with Gasteiger partial charge in [-0.05, 0) is 6.92 Å². The lowest BCUT2D eigenvalue weighted by Gasteiger charge is -2.24. The molecule has 0 fully saturated rings. The summed E-state index contributed by atoms with van der Waals surface area (Å²) in [6, 6.07) is -3.07. The monoisotopic (exact) mass is 286 g/mol. The minimum absolute atomic E-state index is 0.301. The molecule has 0 rings (SSSR count). The summed E-state index contributed by atoms with van der Waals surface area (Å²) in [6.07, 6.45) is -5.55. The number of aliphatic carboxylic acids is 2. The first-order chi connectivity index (χ1) is 8.56. The molecule has 7 nitrogen and oxygen atoms in total. The maximum Gasteiger partial charge on any atom is 0.406 e. The normalized spacial score (nSPS) is 12.6. The molecule has 0 saturated heterocycles. The summed E-state index contributed by atoms with van der Waals surface area (Å²) in [5.74, 6) is -3.13. The molecule has 0 saturated carbocycles. The zero-order chi connectivity index (χ0) is 15.2. The highest BCUT2D eigenvalue weighted by Crippen LogP contribution is 2.16. The average Bonchev–Trinajstić information content (AvgIpc) is 2.22. The molecule has 0 aromatic carbocycles. The number of amides is 2. The van der Waals surface area contributed by atoms with Crippen LogP contribution < -0.4 is 5.32 Å². The standard InChI is InChI=1S/C9H13F3N2O5/c1-2-14(4-9(10,11)12)8(19)13-5(7(17)18)3-6(15)16/h5H,2-4H2,1H3,(H,13,19)(H,15,16)(H,17,18)/t5-/m1/s1. The van der Waals surface area contributed by atoms with Gasteiger partial charge in [-0.1, -0.05) is 0 Å². The molecule has 0 heterocycles. The van der Waals surface area contributed by atoms with Crippen molar-refractivity contribution in [1.29, 1.82) is 0 Å². The van der Waals surface area contributed by atoms with Gasteiger partial charge in [-0.15, -0.1) is 0 Å². The fourth-order valence-corrected chi connectivity index (χ4v) is 1.16. The van der Waals surface area contributed by atoms with Crippen LogP contribution in [0.2, 0.25) is 0 Å². The van der Waals surface area contributed by atoms with E-state index < -0.39 is 43.2 Å². The van der Waals surface area contributed by atoms with Crippen molar-refractivity contribution >= 4 is 18.0 Å². The van der Waals surface area contributed by atoms with Crippen LogP contribution in [0.4, 0.5) is 18.0 Å². The summed E-state index contributed by atoms with van der Waals surface area (Å²) in [6.45, 7) is -0.572. The van der Waals surface area contributed by atoms with Crippen molar-refractivity contribution in [2.45, 2.75) is 25.6 Å². The third-order valence-corrected chi connectivity index (χ3v) is 2.01. The minimum Gasteiger partial charge on any atom is -0.481 e. The van der Waals surface area contributed by atoms with E-state index in [2.05, 4.69) is 0 Å². The Hall–Kier alpha value is -2.00. The molecule has 0 aromatic rings. The Bertz CT molecular complexity index is 358. The molecular weight excluding hydrogens is 273 g/mol. The quantitative estimate of drug-likeness (QED) is 0.659. The highest BCUT2D eigenvalue weighted by atomic mass is 19.4. The van der Waals surface area contributed by atoms with Crippen LogP contribution in [0.25, 0.3) is 0 Å². The Kier molecular flexibility index (Phi) is 6.09. The first kappa shape index (κ1) is 17.0. The minimum atomic E-state index is -4.63. The first-order valence-electron chi connectivity index (χ1n) is 5.13. The van der Waals surface area contributed by atoms with Gasteiger partial charge in [0, 0.05) is 6.54 Å². The van der Waals surface area contributed by atoms with Gasteiger partial charge in [0.2, 0.25) is 0 Å². The summed E-state index contributed by atoms with van der Waals surface area (Å²) in [7, 11) is 0. The molecule has 110 valence electrons. The van der Waals surface area contributed by atoms with Crippen molar-refractivity contribution in [2.24, 2.45) is 0 Å². The lowest BCUT2D eigenvalue weighted by atomic mass is 10.2. The fourth-order valence-electron chi connectivity index (χ4n) is 1.16. The van der Waals surface area contributed by atoms with E-state index in [1.54, 1.807) is 5.32 Å². The van der Waals surface area contributed by atoms with Crippen LogP contribution in [0.5, 0.6) is 0 Å². The number of halogens is 3. The van der Waals surface area contributed by atoms with Crippen LogP contribution in [0, 0.1) is 0 Å². The summed E-state index contributed by atoms with van der Waals surface area (Å²) in [4.78, 5) is 32.7. The number of rotatable bonds is 6. The van der Waals surface area contributed by atoms with Crippen LogP contribution in [-0.2, 0) is 9.59 Å². The highest BCUT2D eigenvalue weighted by Gasteiger charge is 2.33. The fraction of sp³-hybridized carbons (Fsp3) is 0.667. The number of nitrogens with one attached hydrogen (secondary N) is 1. The van der Waals surface area contributed by atoms with E-state index in [1.807, 2.05) is 0 Å². The summed E-state index contributed by atoms with van der Waals surface area (Å²) in [5, 5.41) is 18.8. The molecule has 0 aliphatic carbocycles. The van der Waals surface area contributed by atoms with Gasteiger partial charge in [-0.2, -0.15) is 13.2 Å². The number of hydrogen-bond donors (Lipinski definition) is 3. The second-order valence-electron chi connectivity index (χ2n) is 3.57. The lowest BCUT2D eigenvalue weighted by Crippen LogP contribution is -2.50. The van der Waals surface area contributed by atoms with Gasteiger partial charge >= 0.3 is 24.1 Å². The Balaban J connectivity index is 4.68. The molecule has 19 heavy (non-hydrogen) atoms. The zero-order valence-electron chi connectivity index (χ0n) is 9.90. The molecule has 0 aliphatic heterocycles. The van der Waals surface area contributed by atoms with Gasteiger partial charge < -0.3 is 20.4 Å². The van der Waals surface area contributed by atoms with Crippen molar-refractivity contribution in [2.75, 3.05) is 13.1 Å². The summed E-state index contributed by atoms with van der Waals surface area (Å²) in [5.41, 5.74) is 0. The molecule has 0 radical (unpaired) electrons. The molecule has 3 N–H and O–H groups in total. The van der Waals surface area contributed by atoms with Gasteiger partial charge in [0.05, 0.1) is 6.42 Å². The summed E-state index contributed by atoms with van der Waals surface area (Å²) < 4.78 is 36.4. The maximum absolute atomic E-state index is 12.1. The predicted molar refractivity (Wildman–Crippen MR) is 55.5 cm³/mol. The van der Waals surface area contributed by atoms with E-state index >= 15 is 0 Å². The molecule has 0 aliphatic rings. The number of urea groups is 1. The van der Waals surface area contributed by atoms with Crippen molar-refractivity contribution in [1.82, 2.24) is 10.2 Å². The molecular formula is C9H13F3N2O5. The van der Waals surface area contributed by atoms with Crippen molar-refractivity contribution in [3.05, 3.63) is 0 Å². The maximum atomic E-state index is 12.1. The average molecular weight is 286 g/mol. The van der Waals surface area contributed by atoms with Gasteiger partial charge in [-0.3, -0.25) is 4.79 Å². The number of hydrogen-bond acceptors (Lipinski definition) is 3. The lowest BCUT2D eigenvalue weighted by molar-refractivity contribution is -0.146. The number of carbonyl (C=O) groups is 3. The Morgan fingerprint density at radius 3 is 2.11 bits per heavy atom. The number of carboxylic acids is 2. The van der Waals surface area contributed by atoms with Crippen LogP contribution in [0.3, 0.4) is 0 Å². The molecule has 2 amide bonds. The Morgan fingerprint density at radius 1 is 1.26 bits per heavy atom. The van der Waals surface area contributed by atoms with Gasteiger partial charge in [0.1, 0.15) is 12.6 Å². The van der Waals surface area contributed by atoms with Gasteiger partial charge in [0.15, 0.2) is 0 Å². The smallest absolute Gasteiger partial charge is 0.406 e. The number of carboxylic acid groups (broad SMARTS) is 2. The molecule has 0 aromatic heterocycles. The molecule has 10 heteroatoms. The first-order valence-corrected chi connectivity index (χ1v) is 5.13. The van der Waals surface area contributed by atoms with Crippen molar-refractivity contribution < 1.29 is 37.8 Å². The molecule has 0 bridgehead atoms. The van der Waals surface area contributed by atoms with E-state index in [9.17, 15) is 27.6 Å². The Labute approximate surface area is 106 Å². The van der Waals surface area contributed by atoms with Crippen molar-refractivity contribution in [3.8, 4) is 0 Å². The third-order valence-electron chi connectivity index (χ3n) is 2.01. The second-order valence-corrected chi connectivity index (χ2v) is 3.57. The molecule has 0 unspecified atom stereocenters. The van der Waals surface area contributed by atoms with E-state index in [-0.39, 0.29) is 6.54 Å². The number of carbonyl (C=O) groups excluding carboxylic acids is 1.